The third-order valence-electron chi connectivity index (χ3n) is 4.91. The number of ether oxygens (including phenoxy) is 2. The molecular formula is C21H29FO4. The van der Waals surface area contributed by atoms with Crippen LogP contribution in [0.4, 0.5) is 4.39 Å². The summed E-state index contributed by atoms with van der Waals surface area (Å²) in [7, 11) is 0. The van der Waals surface area contributed by atoms with Crippen molar-refractivity contribution in [1.82, 2.24) is 0 Å². The van der Waals surface area contributed by atoms with Crippen molar-refractivity contribution >= 4 is 11.9 Å². The van der Waals surface area contributed by atoms with Gasteiger partial charge in [0.05, 0.1) is 18.4 Å². The highest BCUT2D eigenvalue weighted by atomic mass is 19.1. The van der Waals surface area contributed by atoms with Crippen LogP contribution in [0.1, 0.15) is 64.7 Å². The molecule has 1 aliphatic rings. The van der Waals surface area contributed by atoms with E-state index in [1.54, 1.807) is 6.07 Å². The number of carbonyl (C=O) groups is 2. The highest BCUT2D eigenvalue weighted by Crippen LogP contribution is 2.33. The molecule has 1 aliphatic carbocycles. The second-order valence-electron chi connectivity index (χ2n) is 6.93. The third kappa shape index (κ3) is 6.11. The topological polar surface area (TPSA) is 52.6 Å². The maximum absolute atomic E-state index is 13.7. The van der Waals surface area contributed by atoms with Gasteiger partial charge in [-0.05, 0) is 31.4 Å². The van der Waals surface area contributed by atoms with Crippen LogP contribution in [0.2, 0.25) is 0 Å². The molecule has 0 aliphatic heterocycles. The molecule has 2 atom stereocenters. The molecule has 1 fully saturated rings. The largest absolute Gasteiger partial charge is 0.465 e. The standard InChI is InChI=1S/C21H29FO4/c1-2-3-4-5-10-15-25-20(23)16-11-6-7-12-17(16)21(24)26-19-14-9-8-13-18(19)22/h8-9,13-14,16-17H,2-7,10-12,15H2,1H3. The van der Waals surface area contributed by atoms with Crippen LogP contribution in [0.15, 0.2) is 24.3 Å². The number of halogens is 1. The number of unbranched alkanes of at least 4 members (excludes halogenated alkanes) is 4. The molecule has 0 amide bonds. The van der Waals surface area contributed by atoms with E-state index in [4.69, 9.17) is 9.47 Å². The average Bonchev–Trinajstić information content (AvgIpc) is 2.66. The second kappa shape index (κ2) is 10.9. The van der Waals surface area contributed by atoms with Crippen molar-refractivity contribution in [2.24, 2.45) is 11.8 Å². The summed E-state index contributed by atoms with van der Waals surface area (Å²) >= 11 is 0. The van der Waals surface area contributed by atoms with E-state index >= 15 is 0 Å². The fourth-order valence-electron chi connectivity index (χ4n) is 3.39. The molecule has 0 saturated heterocycles. The fourth-order valence-corrected chi connectivity index (χ4v) is 3.39. The van der Waals surface area contributed by atoms with Crippen molar-refractivity contribution in [2.45, 2.75) is 64.7 Å². The van der Waals surface area contributed by atoms with Gasteiger partial charge in [-0.15, -0.1) is 0 Å². The molecule has 0 bridgehead atoms. The maximum Gasteiger partial charge on any atom is 0.315 e. The van der Waals surface area contributed by atoms with Crippen LogP contribution in [0.25, 0.3) is 0 Å². The number of hydrogen-bond donors (Lipinski definition) is 0. The summed E-state index contributed by atoms with van der Waals surface area (Å²) in [6.45, 7) is 2.55. The Balaban J connectivity index is 1.86. The van der Waals surface area contributed by atoms with E-state index in [0.29, 0.717) is 19.4 Å². The molecule has 144 valence electrons. The van der Waals surface area contributed by atoms with Gasteiger partial charge >= 0.3 is 11.9 Å². The molecule has 2 rings (SSSR count). The molecule has 1 aromatic rings. The molecule has 26 heavy (non-hydrogen) atoms. The van der Waals surface area contributed by atoms with Gasteiger partial charge in [-0.1, -0.05) is 57.6 Å². The molecule has 0 spiro atoms. The first-order valence-electron chi connectivity index (χ1n) is 9.76. The van der Waals surface area contributed by atoms with Gasteiger partial charge in [0, 0.05) is 0 Å². The molecule has 0 heterocycles. The summed E-state index contributed by atoms with van der Waals surface area (Å²) < 4.78 is 24.3. The molecule has 0 radical (unpaired) electrons. The van der Waals surface area contributed by atoms with E-state index in [0.717, 1.165) is 32.1 Å². The monoisotopic (exact) mass is 364 g/mol. The van der Waals surface area contributed by atoms with Crippen LogP contribution in [-0.2, 0) is 14.3 Å². The minimum Gasteiger partial charge on any atom is -0.465 e. The van der Waals surface area contributed by atoms with E-state index < -0.39 is 23.6 Å². The molecule has 1 aromatic carbocycles. The van der Waals surface area contributed by atoms with Gasteiger partial charge in [-0.2, -0.15) is 0 Å². The number of para-hydroxylation sites is 1. The number of benzene rings is 1. The van der Waals surface area contributed by atoms with Gasteiger partial charge in [-0.3, -0.25) is 9.59 Å². The maximum atomic E-state index is 13.7. The average molecular weight is 364 g/mol. The van der Waals surface area contributed by atoms with E-state index in [9.17, 15) is 14.0 Å². The fraction of sp³-hybridized carbons (Fsp3) is 0.619. The summed E-state index contributed by atoms with van der Waals surface area (Å²) in [6, 6.07) is 5.80. The van der Waals surface area contributed by atoms with Gasteiger partial charge in [0.25, 0.3) is 0 Å². The molecule has 0 N–H and O–H groups in total. The van der Waals surface area contributed by atoms with Crippen molar-refractivity contribution in [2.75, 3.05) is 6.61 Å². The highest BCUT2D eigenvalue weighted by molar-refractivity contribution is 5.83. The van der Waals surface area contributed by atoms with Crippen LogP contribution in [0.5, 0.6) is 5.75 Å². The van der Waals surface area contributed by atoms with Gasteiger partial charge in [0.1, 0.15) is 0 Å². The van der Waals surface area contributed by atoms with Crippen LogP contribution in [0.3, 0.4) is 0 Å². The van der Waals surface area contributed by atoms with Gasteiger partial charge < -0.3 is 9.47 Å². The van der Waals surface area contributed by atoms with Crippen molar-refractivity contribution in [1.29, 1.82) is 0 Å². The zero-order valence-electron chi connectivity index (χ0n) is 15.5. The molecule has 2 unspecified atom stereocenters. The minimum atomic E-state index is -0.581. The van der Waals surface area contributed by atoms with Crippen molar-refractivity contribution in [3.05, 3.63) is 30.1 Å². The minimum absolute atomic E-state index is 0.0916. The van der Waals surface area contributed by atoms with E-state index in [2.05, 4.69) is 6.92 Å². The molecule has 4 nitrogen and oxygen atoms in total. The Bertz CT molecular complexity index is 587. The number of esters is 2. The lowest BCUT2D eigenvalue weighted by Crippen LogP contribution is -2.36. The summed E-state index contributed by atoms with van der Waals surface area (Å²) in [5.41, 5.74) is 0. The molecular weight excluding hydrogens is 335 g/mol. The Hall–Kier alpha value is -1.91. The Morgan fingerprint density at radius 3 is 2.35 bits per heavy atom. The summed E-state index contributed by atoms with van der Waals surface area (Å²) in [6.07, 6.45) is 8.35. The van der Waals surface area contributed by atoms with Gasteiger partial charge in [-0.25, -0.2) is 4.39 Å². The Morgan fingerprint density at radius 2 is 1.65 bits per heavy atom. The summed E-state index contributed by atoms with van der Waals surface area (Å²) in [4.78, 5) is 24.9. The highest BCUT2D eigenvalue weighted by Gasteiger charge is 2.38. The van der Waals surface area contributed by atoms with Crippen LogP contribution in [0, 0.1) is 17.7 Å². The Kier molecular flexibility index (Phi) is 8.59. The predicted octanol–water partition coefficient (Wildman–Crippen LogP) is 5.05. The number of carbonyl (C=O) groups excluding carboxylic acids is 2. The van der Waals surface area contributed by atoms with Crippen molar-refractivity contribution in [3.63, 3.8) is 0 Å². The molecule has 1 saturated carbocycles. The zero-order chi connectivity index (χ0) is 18.8. The first kappa shape index (κ1) is 20.4. The molecule has 5 heteroatoms. The van der Waals surface area contributed by atoms with Gasteiger partial charge in [0.2, 0.25) is 0 Å². The van der Waals surface area contributed by atoms with E-state index in [1.807, 2.05) is 0 Å². The van der Waals surface area contributed by atoms with Crippen LogP contribution >= 0.6 is 0 Å². The first-order valence-corrected chi connectivity index (χ1v) is 9.76. The molecule has 0 aromatic heterocycles. The van der Waals surface area contributed by atoms with Crippen LogP contribution in [-0.4, -0.2) is 18.5 Å². The lowest BCUT2D eigenvalue weighted by atomic mass is 9.79. The lowest BCUT2D eigenvalue weighted by molar-refractivity contribution is -0.158. The Labute approximate surface area is 155 Å². The SMILES string of the molecule is CCCCCCCOC(=O)C1CCCCC1C(=O)Oc1ccccc1F. The smallest absolute Gasteiger partial charge is 0.315 e. The van der Waals surface area contributed by atoms with Gasteiger partial charge in [0.15, 0.2) is 11.6 Å². The normalized spacial score (nSPS) is 19.8. The first-order chi connectivity index (χ1) is 12.6. The quantitative estimate of drug-likeness (QED) is 0.349. The number of hydrogen-bond acceptors (Lipinski definition) is 4. The lowest BCUT2D eigenvalue weighted by Gasteiger charge is -2.28. The third-order valence-corrected chi connectivity index (χ3v) is 4.91. The van der Waals surface area contributed by atoms with Crippen LogP contribution < -0.4 is 4.74 Å². The second-order valence-corrected chi connectivity index (χ2v) is 6.93. The van der Waals surface area contributed by atoms with E-state index in [-0.39, 0.29) is 11.7 Å². The van der Waals surface area contributed by atoms with Crippen molar-refractivity contribution in [3.8, 4) is 5.75 Å². The van der Waals surface area contributed by atoms with Crippen molar-refractivity contribution < 1.29 is 23.5 Å². The zero-order valence-corrected chi connectivity index (χ0v) is 15.5. The summed E-state index contributed by atoms with van der Waals surface area (Å²) in [5.74, 6) is -2.58. The summed E-state index contributed by atoms with van der Waals surface area (Å²) in [5, 5.41) is 0. The Morgan fingerprint density at radius 1 is 1.00 bits per heavy atom. The predicted molar refractivity (Wildman–Crippen MR) is 97.2 cm³/mol. The number of rotatable bonds is 9. The van der Waals surface area contributed by atoms with E-state index in [1.165, 1.54) is 31.0 Å².